The zero-order valence-electron chi connectivity index (χ0n) is 12.1. The van der Waals surface area contributed by atoms with Crippen LogP contribution in [0, 0.1) is 12.8 Å². The van der Waals surface area contributed by atoms with Crippen molar-refractivity contribution in [3.8, 4) is 5.75 Å². The van der Waals surface area contributed by atoms with Crippen molar-refractivity contribution in [2.75, 3.05) is 24.4 Å². The lowest BCUT2D eigenvalue weighted by Gasteiger charge is -2.21. The highest BCUT2D eigenvalue weighted by atomic mass is 35.5. The molecular weight excluding hydrogens is 262 g/mol. The van der Waals surface area contributed by atoms with E-state index in [0.29, 0.717) is 12.5 Å². The van der Waals surface area contributed by atoms with Crippen LogP contribution in [0.25, 0.3) is 0 Å². The molecule has 0 radical (unpaired) electrons. The Labute approximate surface area is 120 Å². The fourth-order valence-corrected chi connectivity index (χ4v) is 1.82. The first kappa shape index (κ1) is 15.8. The van der Waals surface area contributed by atoms with Gasteiger partial charge >= 0.3 is 0 Å². The Bertz CT molecular complexity index is 432. The van der Waals surface area contributed by atoms with E-state index in [1.807, 2.05) is 25.1 Å². The van der Waals surface area contributed by atoms with Gasteiger partial charge in [0.15, 0.2) is 0 Å². The summed E-state index contributed by atoms with van der Waals surface area (Å²) in [5.41, 5.74) is 1.86. The van der Waals surface area contributed by atoms with Gasteiger partial charge in [-0.25, -0.2) is 0 Å². The van der Waals surface area contributed by atoms with Crippen molar-refractivity contribution in [3.05, 3.63) is 23.8 Å². The third-order valence-corrected chi connectivity index (χ3v) is 3.15. The van der Waals surface area contributed by atoms with Gasteiger partial charge in [0.2, 0.25) is 5.91 Å². The van der Waals surface area contributed by atoms with Gasteiger partial charge in [0, 0.05) is 7.05 Å². The molecule has 0 N–H and O–H groups in total. The molecular formula is C15H22ClNO2. The maximum Gasteiger partial charge on any atom is 0.241 e. The van der Waals surface area contributed by atoms with E-state index in [1.54, 1.807) is 11.9 Å². The molecule has 0 atom stereocenters. The summed E-state index contributed by atoms with van der Waals surface area (Å²) in [5.74, 6) is 1.15. The van der Waals surface area contributed by atoms with Gasteiger partial charge in [-0.05, 0) is 37.0 Å². The number of carbonyl (C=O) groups excluding carboxylic acids is 1. The van der Waals surface area contributed by atoms with E-state index in [-0.39, 0.29) is 11.8 Å². The molecule has 0 heterocycles. The molecule has 106 valence electrons. The molecule has 0 unspecified atom stereocenters. The molecule has 1 rings (SSSR count). The van der Waals surface area contributed by atoms with Crippen molar-refractivity contribution in [2.45, 2.75) is 27.2 Å². The van der Waals surface area contributed by atoms with Crippen molar-refractivity contribution < 1.29 is 9.53 Å². The van der Waals surface area contributed by atoms with E-state index in [2.05, 4.69) is 13.8 Å². The van der Waals surface area contributed by atoms with Crippen LogP contribution in [0.5, 0.6) is 5.75 Å². The SMILES string of the molecule is Cc1ccc(OCCC(C)C)c(N(C)C(=O)CCl)c1. The number of amides is 1. The lowest BCUT2D eigenvalue weighted by atomic mass is 10.1. The molecule has 4 heteroatoms. The minimum atomic E-state index is -0.138. The molecule has 19 heavy (non-hydrogen) atoms. The number of benzene rings is 1. The molecule has 0 aliphatic carbocycles. The van der Waals surface area contributed by atoms with Gasteiger partial charge in [0.05, 0.1) is 12.3 Å². The van der Waals surface area contributed by atoms with Crippen molar-refractivity contribution in [2.24, 2.45) is 5.92 Å². The van der Waals surface area contributed by atoms with Gasteiger partial charge < -0.3 is 9.64 Å². The van der Waals surface area contributed by atoms with Crippen LogP contribution in [0.3, 0.4) is 0 Å². The van der Waals surface area contributed by atoms with E-state index in [1.165, 1.54) is 0 Å². The zero-order valence-corrected chi connectivity index (χ0v) is 12.8. The molecule has 0 spiro atoms. The third-order valence-electron chi connectivity index (χ3n) is 2.92. The number of hydrogen-bond acceptors (Lipinski definition) is 2. The molecule has 0 aliphatic heterocycles. The zero-order chi connectivity index (χ0) is 14.4. The summed E-state index contributed by atoms with van der Waals surface area (Å²) in [7, 11) is 1.72. The molecule has 0 aromatic heterocycles. The van der Waals surface area contributed by atoms with Crippen LogP contribution >= 0.6 is 11.6 Å². The molecule has 0 saturated heterocycles. The normalized spacial score (nSPS) is 10.6. The minimum absolute atomic E-state index is 0.0319. The number of nitrogens with zero attached hydrogens (tertiary/aromatic N) is 1. The third kappa shape index (κ3) is 4.75. The quantitative estimate of drug-likeness (QED) is 0.746. The number of alkyl halides is 1. The maximum absolute atomic E-state index is 11.7. The Kier molecular flexibility index (Phi) is 6.16. The highest BCUT2D eigenvalue weighted by Crippen LogP contribution is 2.29. The van der Waals surface area contributed by atoms with Gasteiger partial charge in [0.1, 0.15) is 11.6 Å². The first-order valence-corrected chi connectivity index (χ1v) is 7.05. The fraction of sp³-hybridized carbons (Fsp3) is 0.533. The van der Waals surface area contributed by atoms with E-state index in [0.717, 1.165) is 23.4 Å². The summed E-state index contributed by atoms with van der Waals surface area (Å²) in [6.07, 6.45) is 0.987. The lowest BCUT2D eigenvalue weighted by molar-refractivity contribution is -0.116. The van der Waals surface area contributed by atoms with Crippen LogP contribution in [-0.2, 0) is 4.79 Å². The second-order valence-corrected chi connectivity index (χ2v) is 5.36. The molecule has 3 nitrogen and oxygen atoms in total. The number of carbonyl (C=O) groups is 1. The van der Waals surface area contributed by atoms with Crippen molar-refractivity contribution in [1.29, 1.82) is 0 Å². The van der Waals surface area contributed by atoms with Gasteiger partial charge in [-0.2, -0.15) is 0 Å². The van der Waals surface area contributed by atoms with Gasteiger partial charge in [0.25, 0.3) is 0 Å². The van der Waals surface area contributed by atoms with Crippen LogP contribution < -0.4 is 9.64 Å². The molecule has 1 aromatic carbocycles. The maximum atomic E-state index is 11.7. The van der Waals surface area contributed by atoms with Crippen LogP contribution in [-0.4, -0.2) is 25.4 Å². The predicted molar refractivity (Wildman–Crippen MR) is 80.3 cm³/mol. The number of ether oxygens (including phenoxy) is 1. The van der Waals surface area contributed by atoms with Crippen molar-refractivity contribution >= 4 is 23.2 Å². The molecule has 0 bridgehead atoms. The Balaban J connectivity index is 2.88. The van der Waals surface area contributed by atoms with Crippen LogP contribution in [0.2, 0.25) is 0 Å². The summed E-state index contributed by atoms with van der Waals surface area (Å²) < 4.78 is 5.78. The largest absolute Gasteiger partial charge is 0.491 e. The number of halogens is 1. The van der Waals surface area contributed by atoms with Gasteiger partial charge in [-0.1, -0.05) is 19.9 Å². The van der Waals surface area contributed by atoms with Gasteiger partial charge in [-0.3, -0.25) is 4.79 Å². The molecule has 0 fully saturated rings. The van der Waals surface area contributed by atoms with Crippen molar-refractivity contribution in [3.63, 3.8) is 0 Å². The molecule has 0 aliphatic rings. The van der Waals surface area contributed by atoms with E-state index >= 15 is 0 Å². The highest BCUT2D eigenvalue weighted by molar-refractivity contribution is 6.29. The summed E-state index contributed by atoms with van der Waals surface area (Å²) in [4.78, 5) is 13.2. The molecule has 1 amide bonds. The summed E-state index contributed by atoms with van der Waals surface area (Å²) in [5, 5.41) is 0. The first-order valence-electron chi connectivity index (χ1n) is 6.51. The smallest absolute Gasteiger partial charge is 0.241 e. The van der Waals surface area contributed by atoms with E-state index in [9.17, 15) is 4.79 Å². The Morgan fingerprint density at radius 3 is 2.68 bits per heavy atom. The Morgan fingerprint density at radius 2 is 2.11 bits per heavy atom. The number of rotatable bonds is 6. The van der Waals surface area contributed by atoms with E-state index < -0.39 is 0 Å². The predicted octanol–water partition coefficient (Wildman–Crippen LogP) is 3.62. The fourth-order valence-electron chi connectivity index (χ4n) is 1.64. The van der Waals surface area contributed by atoms with Crippen molar-refractivity contribution in [1.82, 2.24) is 0 Å². The average Bonchev–Trinajstić information content (AvgIpc) is 2.38. The first-order chi connectivity index (χ1) is 8.95. The Hall–Kier alpha value is -1.22. The summed E-state index contributed by atoms with van der Waals surface area (Å²) in [6, 6.07) is 5.82. The van der Waals surface area contributed by atoms with E-state index in [4.69, 9.17) is 16.3 Å². The minimum Gasteiger partial charge on any atom is -0.491 e. The Morgan fingerprint density at radius 1 is 1.42 bits per heavy atom. The molecule has 0 saturated carbocycles. The van der Waals surface area contributed by atoms with Crippen LogP contribution in [0.4, 0.5) is 5.69 Å². The van der Waals surface area contributed by atoms with Crippen LogP contribution in [0.15, 0.2) is 18.2 Å². The average molecular weight is 284 g/mol. The topological polar surface area (TPSA) is 29.5 Å². The lowest BCUT2D eigenvalue weighted by Crippen LogP contribution is -2.27. The number of aryl methyl sites for hydroxylation is 1. The second-order valence-electron chi connectivity index (χ2n) is 5.09. The number of hydrogen-bond donors (Lipinski definition) is 0. The standard InChI is InChI=1S/C15H22ClNO2/c1-11(2)7-8-19-14-6-5-12(3)9-13(14)17(4)15(18)10-16/h5-6,9,11H,7-8,10H2,1-4H3. The summed E-state index contributed by atoms with van der Waals surface area (Å²) in [6.45, 7) is 6.95. The highest BCUT2D eigenvalue weighted by Gasteiger charge is 2.15. The number of anilines is 1. The monoisotopic (exact) mass is 283 g/mol. The molecule has 1 aromatic rings. The summed E-state index contributed by atoms with van der Waals surface area (Å²) >= 11 is 5.60. The van der Waals surface area contributed by atoms with Crippen LogP contribution in [0.1, 0.15) is 25.8 Å². The second kappa shape index (κ2) is 7.39. The van der Waals surface area contributed by atoms with Gasteiger partial charge in [-0.15, -0.1) is 11.6 Å².